The molecule has 1 N–H and O–H groups in total. The first-order chi connectivity index (χ1) is 8.65. The summed E-state index contributed by atoms with van der Waals surface area (Å²) < 4.78 is 5.28. The van der Waals surface area contributed by atoms with E-state index >= 15 is 0 Å². The summed E-state index contributed by atoms with van der Waals surface area (Å²) in [6.45, 7) is 7.76. The normalized spacial score (nSPS) is 12.7. The van der Waals surface area contributed by atoms with E-state index in [9.17, 15) is 0 Å². The molecule has 0 saturated heterocycles. The van der Waals surface area contributed by atoms with Crippen molar-refractivity contribution in [3.8, 4) is 5.75 Å². The fraction of sp³-hybridized carbons (Fsp3) is 0.625. The average molecular weight is 249 g/mol. The molecule has 1 aromatic rings. The van der Waals surface area contributed by atoms with Crippen LogP contribution in [0.5, 0.6) is 5.75 Å². The number of rotatable bonds is 8. The lowest BCUT2D eigenvalue weighted by Crippen LogP contribution is -2.29. The van der Waals surface area contributed by atoms with Gasteiger partial charge >= 0.3 is 0 Å². The van der Waals surface area contributed by atoms with Crippen molar-refractivity contribution in [2.45, 2.75) is 46.1 Å². The molecule has 1 rings (SSSR count). The van der Waals surface area contributed by atoms with Crippen molar-refractivity contribution in [1.82, 2.24) is 5.32 Å². The van der Waals surface area contributed by atoms with Crippen LogP contribution in [0.1, 0.15) is 39.2 Å². The van der Waals surface area contributed by atoms with Gasteiger partial charge in [0.15, 0.2) is 0 Å². The molecule has 2 nitrogen and oxygen atoms in total. The van der Waals surface area contributed by atoms with Crippen molar-refractivity contribution in [1.29, 1.82) is 0 Å². The Morgan fingerprint density at radius 3 is 2.67 bits per heavy atom. The Morgan fingerprint density at radius 1 is 1.28 bits per heavy atom. The quantitative estimate of drug-likeness (QED) is 0.759. The Morgan fingerprint density at radius 2 is 2.06 bits per heavy atom. The summed E-state index contributed by atoms with van der Waals surface area (Å²) in [5, 5.41) is 3.55. The van der Waals surface area contributed by atoms with E-state index in [1.807, 2.05) is 6.07 Å². The number of ether oxygens (including phenoxy) is 1. The summed E-state index contributed by atoms with van der Waals surface area (Å²) >= 11 is 0. The van der Waals surface area contributed by atoms with E-state index in [1.54, 1.807) is 7.11 Å². The molecule has 2 heteroatoms. The van der Waals surface area contributed by atoms with Crippen LogP contribution in [0.2, 0.25) is 0 Å². The third-order valence-corrected chi connectivity index (χ3v) is 3.17. The van der Waals surface area contributed by atoms with Crippen LogP contribution >= 0.6 is 0 Å². The SMILES string of the molecule is CCCC(CNC(C)C)Cc1cccc(OC)c1. The Hall–Kier alpha value is -1.02. The molecular weight excluding hydrogens is 222 g/mol. The molecule has 0 spiro atoms. The van der Waals surface area contributed by atoms with Crippen LogP contribution in [0.25, 0.3) is 0 Å². The van der Waals surface area contributed by atoms with Crippen LogP contribution in [-0.2, 0) is 6.42 Å². The van der Waals surface area contributed by atoms with Gasteiger partial charge in [0.1, 0.15) is 5.75 Å². The standard InChI is InChI=1S/C16H27NO/c1-5-7-15(12-17-13(2)3)10-14-8-6-9-16(11-14)18-4/h6,8-9,11,13,15,17H,5,7,10,12H2,1-4H3. The number of benzene rings is 1. The van der Waals surface area contributed by atoms with Gasteiger partial charge in [-0.2, -0.15) is 0 Å². The molecule has 0 fully saturated rings. The maximum absolute atomic E-state index is 5.28. The highest BCUT2D eigenvalue weighted by Gasteiger charge is 2.10. The minimum absolute atomic E-state index is 0.565. The second-order valence-corrected chi connectivity index (χ2v) is 5.27. The zero-order valence-electron chi connectivity index (χ0n) is 12.2. The lowest BCUT2D eigenvalue weighted by atomic mass is 9.94. The van der Waals surface area contributed by atoms with Gasteiger partial charge in [-0.1, -0.05) is 39.3 Å². The first-order valence-corrected chi connectivity index (χ1v) is 7.02. The monoisotopic (exact) mass is 249 g/mol. The van der Waals surface area contributed by atoms with E-state index in [4.69, 9.17) is 4.74 Å². The summed E-state index contributed by atoms with van der Waals surface area (Å²) in [6, 6.07) is 8.99. The van der Waals surface area contributed by atoms with Gasteiger partial charge in [-0.05, 0) is 43.0 Å². The van der Waals surface area contributed by atoms with Gasteiger partial charge in [0.25, 0.3) is 0 Å². The number of hydrogen-bond acceptors (Lipinski definition) is 2. The molecule has 0 radical (unpaired) electrons. The molecule has 1 aromatic carbocycles. The molecular formula is C16H27NO. The maximum atomic E-state index is 5.28. The van der Waals surface area contributed by atoms with Crippen LogP contribution in [0.3, 0.4) is 0 Å². The van der Waals surface area contributed by atoms with E-state index in [0.717, 1.165) is 18.7 Å². The fourth-order valence-corrected chi connectivity index (χ4v) is 2.22. The number of methoxy groups -OCH3 is 1. The third kappa shape index (κ3) is 5.54. The summed E-state index contributed by atoms with van der Waals surface area (Å²) in [5.74, 6) is 1.67. The molecule has 0 aromatic heterocycles. The van der Waals surface area contributed by atoms with Crippen LogP contribution in [0.15, 0.2) is 24.3 Å². The Balaban J connectivity index is 2.57. The van der Waals surface area contributed by atoms with Crippen molar-refractivity contribution in [2.24, 2.45) is 5.92 Å². The predicted molar refractivity (Wildman–Crippen MR) is 78.2 cm³/mol. The van der Waals surface area contributed by atoms with E-state index in [2.05, 4.69) is 44.3 Å². The highest BCUT2D eigenvalue weighted by atomic mass is 16.5. The topological polar surface area (TPSA) is 21.3 Å². The van der Waals surface area contributed by atoms with Crippen molar-refractivity contribution in [2.75, 3.05) is 13.7 Å². The summed E-state index contributed by atoms with van der Waals surface area (Å²) in [4.78, 5) is 0. The third-order valence-electron chi connectivity index (χ3n) is 3.17. The fourth-order valence-electron chi connectivity index (χ4n) is 2.22. The van der Waals surface area contributed by atoms with Crippen molar-refractivity contribution < 1.29 is 4.74 Å². The number of nitrogens with one attached hydrogen (secondary N) is 1. The summed E-state index contributed by atoms with van der Waals surface area (Å²) in [6.07, 6.45) is 3.65. The van der Waals surface area contributed by atoms with Gasteiger partial charge in [0, 0.05) is 6.04 Å². The molecule has 0 saturated carbocycles. The van der Waals surface area contributed by atoms with Crippen LogP contribution < -0.4 is 10.1 Å². The van der Waals surface area contributed by atoms with Crippen molar-refractivity contribution >= 4 is 0 Å². The second-order valence-electron chi connectivity index (χ2n) is 5.27. The Kier molecular flexibility index (Phi) is 6.81. The summed E-state index contributed by atoms with van der Waals surface area (Å²) in [5.41, 5.74) is 1.37. The number of hydrogen-bond donors (Lipinski definition) is 1. The minimum Gasteiger partial charge on any atom is -0.497 e. The lowest BCUT2D eigenvalue weighted by molar-refractivity contribution is 0.407. The molecule has 1 unspecified atom stereocenters. The minimum atomic E-state index is 0.565. The molecule has 0 aliphatic rings. The van der Waals surface area contributed by atoms with E-state index < -0.39 is 0 Å². The summed E-state index contributed by atoms with van der Waals surface area (Å²) in [7, 11) is 1.73. The molecule has 0 heterocycles. The predicted octanol–water partition coefficient (Wildman–Crippen LogP) is 3.65. The lowest BCUT2D eigenvalue weighted by Gasteiger charge is -2.19. The van der Waals surface area contributed by atoms with Gasteiger partial charge < -0.3 is 10.1 Å². The molecule has 1 atom stereocenters. The molecule has 18 heavy (non-hydrogen) atoms. The Labute approximate surface area is 112 Å². The second kappa shape index (κ2) is 8.15. The van der Waals surface area contributed by atoms with Gasteiger partial charge in [0.05, 0.1) is 7.11 Å². The zero-order chi connectivity index (χ0) is 13.4. The van der Waals surface area contributed by atoms with Crippen LogP contribution in [-0.4, -0.2) is 19.7 Å². The van der Waals surface area contributed by atoms with Gasteiger partial charge in [-0.25, -0.2) is 0 Å². The highest BCUT2D eigenvalue weighted by molar-refractivity contribution is 5.28. The van der Waals surface area contributed by atoms with Gasteiger partial charge in [-0.3, -0.25) is 0 Å². The van der Waals surface area contributed by atoms with Gasteiger partial charge in [-0.15, -0.1) is 0 Å². The van der Waals surface area contributed by atoms with Gasteiger partial charge in [0.2, 0.25) is 0 Å². The largest absolute Gasteiger partial charge is 0.497 e. The molecule has 0 aliphatic heterocycles. The zero-order valence-corrected chi connectivity index (χ0v) is 12.2. The average Bonchev–Trinajstić information content (AvgIpc) is 2.36. The Bertz CT molecular complexity index is 336. The van der Waals surface area contributed by atoms with Crippen molar-refractivity contribution in [3.05, 3.63) is 29.8 Å². The molecule has 0 amide bonds. The van der Waals surface area contributed by atoms with Crippen LogP contribution in [0.4, 0.5) is 0 Å². The highest BCUT2D eigenvalue weighted by Crippen LogP contribution is 2.18. The molecule has 0 bridgehead atoms. The first-order valence-electron chi connectivity index (χ1n) is 7.02. The van der Waals surface area contributed by atoms with E-state index in [0.29, 0.717) is 12.0 Å². The molecule has 102 valence electrons. The molecule has 0 aliphatic carbocycles. The smallest absolute Gasteiger partial charge is 0.119 e. The van der Waals surface area contributed by atoms with E-state index in [-0.39, 0.29) is 0 Å². The first kappa shape index (κ1) is 15.0. The van der Waals surface area contributed by atoms with E-state index in [1.165, 1.54) is 18.4 Å². The maximum Gasteiger partial charge on any atom is 0.119 e. The van der Waals surface area contributed by atoms with Crippen LogP contribution in [0, 0.1) is 5.92 Å². The van der Waals surface area contributed by atoms with Crippen molar-refractivity contribution in [3.63, 3.8) is 0 Å².